The van der Waals surface area contributed by atoms with Gasteiger partial charge in [-0.1, -0.05) is 63.7 Å². The van der Waals surface area contributed by atoms with Gasteiger partial charge in [0.25, 0.3) is 5.91 Å². The minimum absolute atomic E-state index is 0.0225. The van der Waals surface area contributed by atoms with Crippen LogP contribution in [0.15, 0.2) is 47.3 Å². The average molecular weight is 555 g/mol. The molecular weight excluding hydrogens is 511 g/mol. The van der Waals surface area contributed by atoms with E-state index in [0.29, 0.717) is 43.3 Å². The SMILES string of the molecule is C=C(O)/C=C/c1ccc(F)cc1CNN.O=C(NCCCCC1CCCCC1)c1coc(CC2CCCC2=O)n1. The third-order valence-corrected chi connectivity index (χ3v) is 7.54. The number of carbonyl (C=O) groups is 2. The van der Waals surface area contributed by atoms with E-state index in [9.17, 15) is 14.0 Å². The van der Waals surface area contributed by atoms with Crippen LogP contribution in [0, 0.1) is 17.7 Å². The van der Waals surface area contributed by atoms with Gasteiger partial charge in [0.1, 0.15) is 23.6 Å². The second kappa shape index (κ2) is 16.7. The molecule has 40 heavy (non-hydrogen) atoms. The van der Waals surface area contributed by atoms with Crippen molar-refractivity contribution in [3.63, 3.8) is 0 Å². The average Bonchev–Trinajstić information content (AvgIpc) is 3.58. The van der Waals surface area contributed by atoms with Crippen LogP contribution in [0.3, 0.4) is 0 Å². The number of hydrogen-bond acceptors (Lipinski definition) is 7. The monoisotopic (exact) mass is 554 g/mol. The van der Waals surface area contributed by atoms with E-state index >= 15 is 0 Å². The van der Waals surface area contributed by atoms with Gasteiger partial charge < -0.3 is 14.8 Å². The van der Waals surface area contributed by atoms with Crippen LogP contribution in [-0.4, -0.2) is 28.3 Å². The fourth-order valence-corrected chi connectivity index (χ4v) is 5.34. The van der Waals surface area contributed by atoms with Crippen molar-refractivity contribution in [3.05, 3.63) is 71.4 Å². The van der Waals surface area contributed by atoms with E-state index in [0.717, 1.165) is 36.3 Å². The van der Waals surface area contributed by atoms with Crippen molar-refractivity contribution in [3.8, 4) is 0 Å². The Morgan fingerprint density at radius 3 is 2.70 bits per heavy atom. The first-order valence-corrected chi connectivity index (χ1v) is 14.4. The number of halogens is 1. The van der Waals surface area contributed by atoms with E-state index in [1.807, 2.05) is 0 Å². The molecule has 0 bridgehead atoms. The molecule has 0 radical (unpaired) electrons. The summed E-state index contributed by atoms with van der Waals surface area (Å²) in [6.07, 6.45) is 18.0. The minimum atomic E-state index is -0.319. The lowest BCUT2D eigenvalue weighted by atomic mass is 9.86. The van der Waals surface area contributed by atoms with Gasteiger partial charge in [0, 0.05) is 31.8 Å². The second-order valence-electron chi connectivity index (χ2n) is 10.7. The van der Waals surface area contributed by atoms with Crippen LogP contribution >= 0.6 is 0 Å². The number of Topliss-reactive ketones (excluding diaryl/α,β-unsaturated/α-hetero) is 1. The molecule has 8 nitrogen and oxygen atoms in total. The van der Waals surface area contributed by atoms with Crippen LogP contribution in [0.4, 0.5) is 4.39 Å². The summed E-state index contributed by atoms with van der Waals surface area (Å²) < 4.78 is 18.3. The maximum absolute atomic E-state index is 12.9. The minimum Gasteiger partial charge on any atom is -0.509 e. The summed E-state index contributed by atoms with van der Waals surface area (Å²) in [6.45, 7) is 4.36. The molecule has 0 saturated heterocycles. The molecule has 1 atom stereocenters. The van der Waals surface area contributed by atoms with E-state index < -0.39 is 0 Å². The zero-order chi connectivity index (χ0) is 28.7. The van der Waals surface area contributed by atoms with E-state index in [1.165, 1.54) is 69.4 Å². The number of nitrogens with one attached hydrogen (secondary N) is 2. The fourth-order valence-electron chi connectivity index (χ4n) is 5.34. The molecule has 2 fully saturated rings. The lowest BCUT2D eigenvalue weighted by molar-refractivity contribution is -0.120. The number of aromatic nitrogens is 1. The molecule has 0 spiro atoms. The van der Waals surface area contributed by atoms with E-state index in [1.54, 1.807) is 12.1 Å². The predicted octanol–water partition coefficient (Wildman–Crippen LogP) is 5.94. The maximum Gasteiger partial charge on any atom is 0.273 e. The molecule has 0 aliphatic heterocycles. The third kappa shape index (κ3) is 10.7. The molecule has 1 aromatic heterocycles. The van der Waals surface area contributed by atoms with Crippen LogP contribution in [0.25, 0.3) is 6.08 Å². The fraction of sp³-hybridized carbons (Fsp3) is 0.516. The molecule has 1 heterocycles. The van der Waals surface area contributed by atoms with Crippen molar-refractivity contribution in [2.24, 2.45) is 17.7 Å². The first-order chi connectivity index (χ1) is 19.4. The summed E-state index contributed by atoms with van der Waals surface area (Å²) in [6, 6.07) is 4.35. The van der Waals surface area contributed by atoms with Crippen molar-refractivity contribution < 1.29 is 23.5 Å². The van der Waals surface area contributed by atoms with Crippen molar-refractivity contribution in [1.29, 1.82) is 0 Å². The van der Waals surface area contributed by atoms with Gasteiger partial charge >= 0.3 is 0 Å². The van der Waals surface area contributed by atoms with Crippen LogP contribution in [0.5, 0.6) is 0 Å². The second-order valence-corrected chi connectivity index (χ2v) is 10.7. The zero-order valence-corrected chi connectivity index (χ0v) is 23.3. The summed E-state index contributed by atoms with van der Waals surface area (Å²) in [5, 5.41) is 11.8. The highest BCUT2D eigenvalue weighted by Crippen LogP contribution is 2.27. The van der Waals surface area contributed by atoms with Gasteiger partial charge in [0.2, 0.25) is 0 Å². The topological polar surface area (TPSA) is 130 Å². The molecular formula is C31H43FN4O4. The van der Waals surface area contributed by atoms with Gasteiger partial charge in [-0.15, -0.1) is 0 Å². The van der Waals surface area contributed by atoms with Crippen molar-refractivity contribution >= 4 is 17.8 Å². The van der Waals surface area contributed by atoms with Gasteiger partial charge in [-0.25, -0.2) is 9.37 Å². The summed E-state index contributed by atoms with van der Waals surface area (Å²) >= 11 is 0. The molecule has 5 N–H and O–H groups in total. The number of nitrogens with two attached hydrogens (primary N) is 1. The number of nitrogens with zero attached hydrogens (tertiary/aromatic N) is 1. The normalized spacial score (nSPS) is 17.6. The third-order valence-electron chi connectivity index (χ3n) is 7.54. The van der Waals surface area contributed by atoms with Crippen LogP contribution < -0.4 is 16.6 Å². The van der Waals surface area contributed by atoms with Gasteiger partial charge in [0.05, 0.1) is 0 Å². The Morgan fingerprint density at radius 2 is 2.00 bits per heavy atom. The van der Waals surface area contributed by atoms with Gasteiger partial charge in [-0.05, 0) is 54.5 Å². The van der Waals surface area contributed by atoms with Crippen LogP contribution in [0.1, 0.15) is 98.1 Å². The zero-order valence-electron chi connectivity index (χ0n) is 23.3. The summed E-state index contributed by atoms with van der Waals surface area (Å²) in [5.74, 6) is 6.35. The standard InChI is InChI=1S/C20H30N2O3.C11H13FN2O/c23-18-11-6-10-16(18)13-19-22-17(14-25-19)20(24)21-12-5-4-9-15-7-2-1-3-8-15;1-8(15)2-3-9-4-5-11(12)6-10(9)7-14-13/h14-16H,1-13H2,(H,21,24);2-6,14-15H,1,7,13H2/b;3-2+. The molecule has 1 amide bonds. The number of unbranched alkanes of at least 4 members (excludes halogenated alkanes) is 1. The molecule has 9 heteroatoms. The van der Waals surface area contributed by atoms with Gasteiger partial charge in [-0.2, -0.15) is 0 Å². The lowest BCUT2D eigenvalue weighted by Gasteiger charge is -2.21. The number of rotatable bonds is 12. The summed E-state index contributed by atoms with van der Waals surface area (Å²) in [5.41, 5.74) is 4.28. The molecule has 2 saturated carbocycles. The maximum atomic E-state index is 12.9. The number of oxazole rings is 1. The summed E-state index contributed by atoms with van der Waals surface area (Å²) in [7, 11) is 0. The highest BCUT2D eigenvalue weighted by Gasteiger charge is 2.26. The Morgan fingerprint density at radius 1 is 1.20 bits per heavy atom. The highest BCUT2D eigenvalue weighted by molar-refractivity contribution is 5.91. The molecule has 2 aromatic rings. The molecule has 218 valence electrons. The van der Waals surface area contributed by atoms with E-state index in [2.05, 4.69) is 22.3 Å². The molecule has 1 aromatic carbocycles. The van der Waals surface area contributed by atoms with E-state index in [4.69, 9.17) is 15.4 Å². The molecule has 2 aliphatic carbocycles. The Kier molecular flexibility index (Phi) is 13.1. The van der Waals surface area contributed by atoms with Gasteiger partial charge in [-0.3, -0.25) is 20.9 Å². The largest absolute Gasteiger partial charge is 0.509 e. The van der Waals surface area contributed by atoms with Crippen molar-refractivity contribution in [2.45, 2.75) is 83.6 Å². The Bertz CT molecular complexity index is 1140. The Hall–Kier alpha value is -3.30. The number of carbonyl (C=O) groups excluding carboxylic acids is 2. The number of ketones is 1. The Balaban J connectivity index is 0.000000252. The smallest absolute Gasteiger partial charge is 0.273 e. The molecule has 4 rings (SSSR count). The quantitative estimate of drug-likeness (QED) is 0.0840. The van der Waals surface area contributed by atoms with Crippen molar-refractivity contribution in [2.75, 3.05) is 6.54 Å². The number of amides is 1. The van der Waals surface area contributed by atoms with Crippen LogP contribution in [0.2, 0.25) is 0 Å². The number of hydrogen-bond donors (Lipinski definition) is 4. The number of aliphatic hydroxyl groups is 1. The first kappa shape index (κ1) is 31.2. The van der Waals surface area contributed by atoms with Crippen molar-refractivity contribution in [1.82, 2.24) is 15.7 Å². The summed E-state index contributed by atoms with van der Waals surface area (Å²) in [4.78, 5) is 28.1. The lowest BCUT2D eigenvalue weighted by Crippen LogP contribution is -2.25. The number of allylic oxidation sites excluding steroid dienone is 1. The first-order valence-electron chi connectivity index (χ1n) is 14.4. The number of benzene rings is 1. The molecule has 2 aliphatic rings. The highest BCUT2D eigenvalue weighted by atomic mass is 19.1. The Labute approximate surface area is 236 Å². The van der Waals surface area contributed by atoms with Gasteiger partial charge in [0.15, 0.2) is 11.6 Å². The van der Waals surface area contributed by atoms with Crippen LogP contribution in [-0.2, 0) is 17.8 Å². The number of hydrazine groups is 1. The predicted molar refractivity (Wildman–Crippen MR) is 154 cm³/mol. The number of aliphatic hydroxyl groups excluding tert-OH is 1. The molecule has 1 unspecified atom stereocenters. The van der Waals surface area contributed by atoms with E-state index in [-0.39, 0.29) is 23.4 Å².